The Morgan fingerprint density at radius 1 is 1.05 bits per heavy atom. The Balaban J connectivity index is 4.21. The van der Waals surface area contributed by atoms with Gasteiger partial charge in [-0.2, -0.15) is 0 Å². The summed E-state index contributed by atoms with van der Waals surface area (Å²) in [7, 11) is 1.75. The molecule has 0 radical (unpaired) electrons. The molecule has 0 saturated heterocycles. The number of amides is 4. The lowest BCUT2D eigenvalue weighted by atomic mass is 10.1. The number of carbonyl (C=O) groups is 3. The van der Waals surface area contributed by atoms with E-state index >= 15 is 0 Å². The Hall–Kier alpha value is -1.63. The molecule has 0 aliphatic rings. The maximum atomic E-state index is 11.9. The van der Waals surface area contributed by atoms with Crippen LogP contribution in [0, 0.1) is 0 Å². The van der Waals surface area contributed by atoms with Gasteiger partial charge in [0.15, 0.2) is 13.1 Å². The predicted molar refractivity (Wildman–Crippen MR) is 81.0 cm³/mol. The van der Waals surface area contributed by atoms with Gasteiger partial charge >= 0.3 is 6.03 Å². The summed E-state index contributed by atoms with van der Waals surface area (Å²) in [6.45, 7) is 10.9. The molecule has 1 atom stereocenters. The average Bonchev–Trinajstić information content (AvgIpc) is 2.26. The molecule has 0 saturated carbocycles. The Labute approximate surface area is 127 Å². The topological polar surface area (TPSA) is 83.0 Å². The number of imide groups is 1. The maximum Gasteiger partial charge on any atom is 0.322 e. The van der Waals surface area contributed by atoms with Crippen molar-refractivity contribution in [3.63, 3.8) is 0 Å². The zero-order valence-electron chi connectivity index (χ0n) is 14.0. The van der Waals surface area contributed by atoms with Gasteiger partial charge in [-0.1, -0.05) is 0 Å². The first kappa shape index (κ1) is 19.4. The molecule has 0 heterocycles. The summed E-state index contributed by atoms with van der Waals surface area (Å²) in [6, 6.07) is -0.518. The van der Waals surface area contributed by atoms with Crippen LogP contribution < -0.4 is 15.5 Å². The van der Waals surface area contributed by atoms with Crippen LogP contribution in [0.2, 0.25) is 0 Å². The van der Waals surface area contributed by atoms with Crippen LogP contribution in [0.5, 0.6) is 0 Å². The van der Waals surface area contributed by atoms with Crippen LogP contribution in [-0.2, 0) is 9.59 Å². The number of hydrogen-bond acceptors (Lipinski definition) is 3. The Kier molecular flexibility index (Phi) is 7.94. The quantitative estimate of drug-likeness (QED) is 0.588. The molecule has 3 N–H and O–H groups in total. The first-order valence-corrected chi connectivity index (χ1v) is 7.30. The van der Waals surface area contributed by atoms with Crippen molar-refractivity contribution in [1.29, 1.82) is 0 Å². The van der Waals surface area contributed by atoms with Gasteiger partial charge < -0.3 is 15.1 Å². The van der Waals surface area contributed by atoms with E-state index in [1.807, 2.05) is 34.6 Å². The predicted octanol–water partition coefficient (Wildman–Crippen LogP) is -1.01. The standard InChI is InChI=1S/C14H28N4O3/c1-7-18(8-2)12(20)10-17(6)9-11(19)15-13(21)16-14(3,4)5/h7-10H2,1-6H3,(H2,15,16,19,21)/p+1. The van der Waals surface area contributed by atoms with Crippen LogP contribution >= 0.6 is 0 Å². The second-order valence-corrected chi connectivity index (χ2v) is 6.13. The average molecular weight is 301 g/mol. The molecule has 0 aromatic rings. The molecule has 0 rings (SSSR count). The molecule has 21 heavy (non-hydrogen) atoms. The minimum atomic E-state index is -0.518. The lowest BCUT2D eigenvalue weighted by Gasteiger charge is -2.22. The van der Waals surface area contributed by atoms with Crippen molar-refractivity contribution in [2.24, 2.45) is 0 Å². The third kappa shape index (κ3) is 9.01. The number of hydrogen-bond donors (Lipinski definition) is 3. The van der Waals surface area contributed by atoms with Gasteiger partial charge in [0, 0.05) is 18.6 Å². The second-order valence-electron chi connectivity index (χ2n) is 6.13. The van der Waals surface area contributed by atoms with E-state index in [1.54, 1.807) is 11.9 Å². The molecule has 0 fully saturated rings. The fraction of sp³-hybridized carbons (Fsp3) is 0.786. The smallest absolute Gasteiger partial charge is 0.322 e. The van der Waals surface area contributed by atoms with Gasteiger partial charge in [0.1, 0.15) is 0 Å². The van der Waals surface area contributed by atoms with Crippen LogP contribution in [0.4, 0.5) is 4.79 Å². The number of urea groups is 1. The molecule has 0 aliphatic carbocycles. The number of nitrogens with one attached hydrogen (secondary N) is 3. The van der Waals surface area contributed by atoms with Crippen molar-refractivity contribution in [3.05, 3.63) is 0 Å². The monoisotopic (exact) mass is 301 g/mol. The highest BCUT2D eigenvalue weighted by Gasteiger charge is 2.20. The van der Waals surface area contributed by atoms with Crippen molar-refractivity contribution in [2.45, 2.75) is 40.2 Å². The van der Waals surface area contributed by atoms with E-state index in [4.69, 9.17) is 0 Å². The third-order valence-electron chi connectivity index (χ3n) is 2.77. The Morgan fingerprint density at radius 3 is 2.00 bits per heavy atom. The number of likely N-dealkylation sites (N-methyl/N-ethyl adjacent to an activating group) is 2. The number of quaternary nitrogens is 1. The zero-order valence-corrected chi connectivity index (χ0v) is 14.0. The van der Waals surface area contributed by atoms with Gasteiger partial charge in [-0.05, 0) is 34.6 Å². The number of rotatable bonds is 6. The third-order valence-corrected chi connectivity index (χ3v) is 2.77. The molecule has 0 spiro atoms. The Morgan fingerprint density at radius 2 is 1.57 bits per heavy atom. The lowest BCUT2D eigenvalue weighted by Crippen LogP contribution is -3.11. The second kappa shape index (κ2) is 8.61. The summed E-state index contributed by atoms with van der Waals surface area (Å²) in [5.41, 5.74) is -0.401. The molecule has 0 aliphatic heterocycles. The highest BCUT2D eigenvalue weighted by Crippen LogP contribution is 1.96. The summed E-state index contributed by atoms with van der Waals surface area (Å²) in [6.07, 6.45) is 0. The minimum Gasteiger partial charge on any atom is -0.338 e. The van der Waals surface area contributed by atoms with E-state index in [0.29, 0.717) is 13.1 Å². The molecule has 0 aromatic carbocycles. The van der Waals surface area contributed by atoms with Crippen LogP contribution in [0.25, 0.3) is 0 Å². The maximum absolute atomic E-state index is 11.9. The fourth-order valence-corrected chi connectivity index (χ4v) is 1.83. The van der Waals surface area contributed by atoms with Gasteiger partial charge in [-0.3, -0.25) is 14.9 Å². The summed E-state index contributed by atoms with van der Waals surface area (Å²) < 4.78 is 0. The molecule has 0 bridgehead atoms. The summed E-state index contributed by atoms with van der Waals surface area (Å²) in [5.74, 6) is -0.397. The van der Waals surface area contributed by atoms with Crippen LogP contribution in [0.1, 0.15) is 34.6 Å². The van der Waals surface area contributed by atoms with Crippen molar-refractivity contribution in [1.82, 2.24) is 15.5 Å². The molecule has 4 amide bonds. The van der Waals surface area contributed by atoms with Crippen molar-refractivity contribution in [2.75, 3.05) is 33.2 Å². The number of carbonyl (C=O) groups excluding carboxylic acids is 3. The van der Waals surface area contributed by atoms with E-state index in [2.05, 4.69) is 10.6 Å². The van der Waals surface area contributed by atoms with E-state index in [1.165, 1.54) is 0 Å². The van der Waals surface area contributed by atoms with Crippen LogP contribution in [0.15, 0.2) is 0 Å². The van der Waals surface area contributed by atoms with Crippen molar-refractivity contribution >= 4 is 17.8 Å². The van der Waals surface area contributed by atoms with E-state index in [-0.39, 0.29) is 19.0 Å². The molecule has 0 aromatic heterocycles. The van der Waals surface area contributed by atoms with Gasteiger partial charge in [0.25, 0.3) is 11.8 Å². The van der Waals surface area contributed by atoms with E-state index < -0.39 is 17.5 Å². The first-order valence-electron chi connectivity index (χ1n) is 7.30. The summed E-state index contributed by atoms with van der Waals surface area (Å²) >= 11 is 0. The molecule has 122 valence electrons. The van der Waals surface area contributed by atoms with Crippen LogP contribution in [-0.4, -0.2) is 61.5 Å². The van der Waals surface area contributed by atoms with Crippen molar-refractivity contribution < 1.29 is 19.3 Å². The molecule has 7 nitrogen and oxygen atoms in total. The highest BCUT2D eigenvalue weighted by molar-refractivity contribution is 5.95. The highest BCUT2D eigenvalue weighted by atomic mass is 16.2. The minimum absolute atomic E-state index is 0.00411. The van der Waals surface area contributed by atoms with Crippen molar-refractivity contribution in [3.8, 4) is 0 Å². The van der Waals surface area contributed by atoms with E-state index in [0.717, 1.165) is 4.90 Å². The summed E-state index contributed by atoms with van der Waals surface area (Å²) in [4.78, 5) is 37.6. The molecule has 1 unspecified atom stereocenters. The van der Waals surface area contributed by atoms with Gasteiger partial charge in [0.05, 0.1) is 7.05 Å². The van der Waals surface area contributed by atoms with Crippen LogP contribution in [0.3, 0.4) is 0 Å². The zero-order chi connectivity index (χ0) is 16.6. The fourth-order valence-electron chi connectivity index (χ4n) is 1.83. The van der Waals surface area contributed by atoms with Gasteiger partial charge in [-0.15, -0.1) is 0 Å². The molecule has 7 heteroatoms. The van der Waals surface area contributed by atoms with Gasteiger partial charge in [-0.25, -0.2) is 4.79 Å². The van der Waals surface area contributed by atoms with Gasteiger partial charge in [0.2, 0.25) is 0 Å². The normalized spacial score (nSPS) is 12.5. The largest absolute Gasteiger partial charge is 0.338 e. The first-order chi connectivity index (χ1) is 9.58. The lowest BCUT2D eigenvalue weighted by molar-refractivity contribution is -0.862. The SMILES string of the molecule is CCN(CC)C(=O)C[NH+](C)CC(=O)NC(=O)NC(C)(C)C. The molecular formula is C14H29N4O3+. The Bertz CT molecular complexity index is 373. The van der Waals surface area contributed by atoms with E-state index in [9.17, 15) is 14.4 Å². The number of nitrogens with zero attached hydrogens (tertiary/aromatic N) is 1. The molecular weight excluding hydrogens is 272 g/mol. The summed E-state index contributed by atoms with van der Waals surface area (Å²) in [5, 5.41) is 4.91.